The number of carbonyl (C=O) groups excluding carboxylic acids is 1. The van der Waals surface area contributed by atoms with E-state index < -0.39 is 5.82 Å². The number of benzene rings is 2. The fourth-order valence-electron chi connectivity index (χ4n) is 2.00. The van der Waals surface area contributed by atoms with E-state index in [1.54, 1.807) is 23.1 Å². The molecule has 0 aliphatic carbocycles. The first-order valence-electron chi connectivity index (χ1n) is 5.94. The zero-order valence-electron chi connectivity index (χ0n) is 10.4. The molecule has 0 aliphatic rings. The van der Waals surface area contributed by atoms with Crippen LogP contribution >= 0.6 is 0 Å². The summed E-state index contributed by atoms with van der Waals surface area (Å²) in [5, 5.41) is 0. The Kier molecular flexibility index (Phi) is 3.90. The van der Waals surface area contributed by atoms with Crippen LogP contribution in [0, 0.1) is 11.6 Å². The second-order valence-corrected chi connectivity index (χ2v) is 4.02. The van der Waals surface area contributed by atoms with Gasteiger partial charge in [0.25, 0.3) is 0 Å². The maximum atomic E-state index is 14.0. The van der Waals surface area contributed by atoms with Crippen molar-refractivity contribution in [3.05, 3.63) is 59.7 Å². The number of aldehydes is 1. The number of hydrogen-bond acceptors (Lipinski definition) is 2. The third-order valence-electron chi connectivity index (χ3n) is 2.87. The highest BCUT2D eigenvalue weighted by Gasteiger charge is 2.16. The molecule has 0 aliphatic heterocycles. The standard InChI is InChI=1S/C15H13F2NO/c1-2-18(13-8-6-12(16)7-9-13)15-11(10-19)4-3-5-14(15)17/h3-10H,2H2,1H3. The highest BCUT2D eigenvalue weighted by Crippen LogP contribution is 2.30. The van der Waals surface area contributed by atoms with E-state index in [0.717, 1.165) is 0 Å². The smallest absolute Gasteiger partial charge is 0.152 e. The summed E-state index contributed by atoms with van der Waals surface area (Å²) >= 11 is 0. The minimum atomic E-state index is -0.476. The highest BCUT2D eigenvalue weighted by atomic mass is 19.1. The van der Waals surface area contributed by atoms with Crippen molar-refractivity contribution in [2.75, 3.05) is 11.4 Å². The van der Waals surface area contributed by atoms with Gasteiger partial charge in [0.15, 0.2) is 6.29 Å². The van der Waals surface area contributed by atoms with E-state index in [-0.39, 0.29) is 17.1 Å². The zero-order chi connectivity index (χ0) is 13.8. The van der Waals surface area contributed by atoms with Crippen molar-refractivity contribution >= 4 is 17.7 Å². The topological polar surface area (TPSA) is 20.3 Å². The SMILES string of the molecule is CCN(c1ccc(F)cc1)c1c(F)cccc1C=O. The molecule has 0 spiro atoms. The van der Waals surface area contributed by atoms with Crippen LogP contribution in [-0.4, -0.2) is 12.8 Å². The number of rotatable bonds is 4. The van der Waals surface area contributed by atoms with Gasteiger partial charge in [0.2, 0.25) is 0 Å². The van der Waals surface area contributed by atoms with Crippen LogP contribution in [0.15, 0.2) is 42.5 Å². The number of anilines is 2. The largest absolute Gasteiger partial charge is 0.339 e. The molecule has 2 aromatic carbocycles. The Bertz CT molecular complexity index is 581. The molecule has 0 amide bonds. The van der Waals surface area contributed by atoms with E-state index in [2.05, 4.69) is 0 Å². The summed E-state index contributed by atoms with van der Waals surface area (Å²) in [6, 6.07) is 10.1. The molecule has 0 fully saturated rings. The average Bonchev–Trinajstić information content (AvgIpc) is 2.43. The Morgan fingerprint density at radius 2 is 1.79 bits per heavy atom. The maximum absolute atomic E-state index is 14.0. The lowest BCUT2D eigenvalue weighted by atomic mass is 10.1. The van der Waals surface area contributed by atoms with Gasteiger partial charge in [0, 0.05) is 17.8 Å². The maximum Gasteiger partial charge on any atom is 0.152 e. The lowest BCUT2D eigenvalue weighted by Gasteiger charge is -2.25. The minimum Gasteiger partial charge on any atom is -0.339 e. The van der Waals surface area contributed by atoms with Gasteiger partial charge in [-0.15, -0.1) is 0 Å². The van der Waals surface area contributed by atoms with Crippen molar-refractivity contribution in [1.29, 1.82) is 0 Å². The molecule has 4 heteroatoms. The van der Waals surface area contributed by atoms with Crippen molar-refractivity contribution in [3.63, 3.8) is 0 Å². The number of halogens is 2. The van der Waals surface area contributed by atoms with Crippen LogP contribution in [0.25, 0.3) is 0 Å². The van der Waals surface area contributed by atoms with Crippen molar-refractivity contribution in [2.24, 2.45) is 0 Å². The summed E-state index contributed by atoms with van der Waals surface area (Å²) in [4.78, 5) is 12.7. The Labute approximate surface area is 110 Å². The highest BCUT2D eigenvalue weighted by molar-refractivity contribution is 5.87. The van der Waals surface area contributed by atoms with Crippen LogP contribution < -0.4 is 4.90 Å². The fourth-order valence-corrected chi connectivity index (χ4v) is 2.00. The van der Waals surface area contributed by atoms with Crippen LogP contribution in [-0.2, 0) is 0 Å². The van der Waals surface area contributed by atoms with E-state index in [9.17, 15) is 13.6 Å². The van der Waals surface area contributed by atoms with E-state index >= 15 is 0 Å². The molecule has 0 radical (unpaired) electrons. The van der Waals surface area contributed by atoms with Crippen LogP contribution in [0.3, 0.4) is 0 Å². The molecule has 2 nitrogen and oxygen atoms in total. The molecule has 2 aromatic rings. The van der Waals surface area contributed by atoms with Gasteiger partial charge in [0.1, 0.15) is 11.6 Å². The Balaban J connectivity index is 2.53. The van der Waals surface area contributed by atoms with E-state index in [1.807, 2.05) is 6.92 Å². The number of hydrogen-bond donors (Lipinski definition) is 0. The summed E-state index contributed by atoms with van der Waals surface area (Å²) < 4.78 is 26.9. The van der Waals surface area contributed by atoms with E-state index in [1.165, 1.54) is 24.3 Å². The summed E-state index contributed by atoms with van der Waals surface area (Å²) in [5.74, 6) is -0.834. The fraction of sp³-hybridized carbons (Fsp3) is 0.133. The second kappa shape index (κ2) is 5.61. The van der Waals surface area contributed by atoms with Crippen molar-refractivity contribution in [2.45, 2.75) is 6.92 Å². The quantitative estimate of drug-likeness (QED) is 0.777. The van der Waals surface area contributed by atoms with Crippen molar-refractivity contribution < 1.29 is 13.6 Å². The van der Waals surface area contributed by atoms with Gasteiger partial charge >= 0.3 is 0 Å². The van der Waals surface area contributed by atoms with E-state index in [0.29, 0.717) is 18.5 Å². The van der Waals surface area contributed by atoms with Crippen LogP contribution in [0.4, 0.5) is 20.2 Å². The van der Waals surface area contributed by atoms with E-state index in [4.69, 9.17) is 0 Å². The Morgan fingerprint density at radius 1 is 1.11 bits per heavy atom. The van der Waals surface area contributed by atoms with Gasteiger partial charge < -0.3 is 4.90 Å². The number of nitrogens with zero attached hydrogens (tertiary/aromatic N) is 1. The van der Waals surface area contributed by atoms with Gasteiger partial charge in [-0.25, -0.2) is 8.78 Å². The molecular weight excluding hydrogens is 248 g/mol. The molecular formula is C15H13F2NO. The third-order valence-corrected chi connectivity index (χ3v) is 2.87. The molecule has 19 heavy (non-hydrogen) atoms. The molecule has 98 valence electrons. The van der Waals surface area contributed by atoms with Crippen molar-refractivity contribution in [1.82, 2.24) is 0 Å². The molecule has 0 saturated carbocycles. The monoisotopic (exact) mass is 261 g/mol. The van der Waals surface area contributed by atoms with Gasteiger partial charge in [-0.05, 0) is 43.3 Å². The molecule has 0 heterocycles. The van der Waals surface area contributed by atoms with Crippen LogP contribution in [0.2, 0.25) is 0 Å². The lowest BCUT2D eigenvalue weighted by Crippen LogP contribution is -2.19. The molecule has 0 unspecified atom stereocenters. The van der Waals surface area contributed by atoms with Crippen LogP contribution in [0.5, 0.6) is 0 Å². The normalized spacial score (nSPS) is 10.3. The first-order chi connectivity index (χ1) is 9.17. The predicted octanol–water partition coefficient (Wildman–Crippen LogP) is 3.94. The average molecular weight is 261 g/mol. The number of para-hydroxylation sites is 1. The first kappa shape index (κ1) is 13.2. The van der Waals surface area contributed by atoms with Gasteiger partial charge in [-0.2, -0.15) is 0 Å². The molecule has 0 saturated heterocycles. The molecule has 0 atom stereocenters. The molecule has 0 aromatic heterocycles. The molecule has 0 bridgehead atoms. The molecule has 2 rings (SSSR count). The summed E-state index contributed by atoms with van der Waals surface area (Å²) in [5.41, 5.74) is 1.12. The Morgan fingerprint density at radius 3 is 2.37 bits per heavy atom. The zero-order valence-corrected chi connectivity index (χ0v) is 10.4. The lowest BCUT2D eigenvalue weighted by molar-refractivity contribution is 0.112. The summed E-state index contributed by atoms with van der Waals surface area (Å²) in [6.07, 6.45) is 0.616. The Hall–Kier alpha value is -2.23. The van der Waals surface area contributed by atoms with Crippen LogP contribution in [0.1, 0.15) is 17.3 Å². The minimum absolute atomic E-state index is 0.214. The summed E-state index contributed by atoms with van der Waals surface area (Å²) in [6.45, 7) is 2.30. The van der Waals surface area contributed by atoms with Gasteiger partial charge in [0.05, 0.1) is 5.69 Å². The number of carbonyl (C=O) groups is 1. The van der Waals surface area contributed by atoms with Gasteiger partial charge in [-0.3, -0.25) is 4.79 Å². The van der Waals surface area contributed by atoms with Gasteiger partial charge in [-0.1, -0.05) is 6.07 Å². The second-order valence-electron chi connectivity index (χ2n) is 4.02. The third kappa shape index (κ3) is 2.62. The molecule has 0 N–H and O–H groups in total. The van der Waals surface area contributed by atoms with Crippen molar-refractivity contribution in [3.8, 4) is 0 Å². The first-order valence-corrected chi connectivity index (χ1v) is 5.94. The summed E-state index contributed by atoms with van der Waals surface area (Å²) in [7, 11) is 0. The predicted molar refractivity (Wildman–Crippen MR) is 70.9 cm³/mol.